The normalized spacial score (nSPS) is 14.4. The Morgan fingerprint density at radius 3 is 2.48 bits per heavy atom. The van der Waals surface area contributed by atoms with Gasteiger partial charge in [-0.2, -0.15) is 11.8 Å². The van der Waals surface area contributed by atoms with Crippen molar-refractivity contribution >= 4 is 44.8 Å². The van der Waals surface area contributed by atoms with Crippen LogP contribution in [0.4, 0.5) is 17.1 Å². The summed E-state index contributed by atoms with van der Waals surface area (Å²) in [6.45, 7) is 1.38. The van der Waals surface area contributed by atoms with Crippen molar-refractivity contribution in [1.29, 1.82) is 0 Å². The number of nitro benzene ring substituents is 1. The number of carboxylic acid groups (broad SMARTS) is 1. The number of phenols is 1. The summed E-state index contributed by atoms with van der Waals surface area (Å²) < 4.78 is 27.4. The number of thioether (sulfide) groups is 1. The van der Waals surface area contributed by atoms with E-state index in [0.717, 1.165) is 29.7 Å². The first-order valence-corrected chi connectivity index (χ1v) is 11.0. The number of benzene rings is 2. The van der Waals surface area contributed by atoms with Crippen LogP contribution in [0.5, 0.6) is 5.75 Å². The van der Waals surface area contributed by atoms with Crippen molar-refractivity contribution in [3.63, 3.8) is 0 Å². The predicted molar refractivity (Wildman–Crippen MR) is 109 cm³/mol. The molecule has 10 nitrogen and oxygen atoms in total. The van der Waals surface area contributed by atoms with Gasteiger partial charge in [-0.1, -0.05) is 0 Å². The van der Waals surface area contributed by atoms with Crippen molar-refractivity contribution in [3.05, 3.63) is 52.1 Å². The van der Waals surface area contributed by atoms with Crippen molar-refractivity contribution in [2.24, 2.45) is 0 Å². The van der Waals surface area contributed by atoms with Crippen LogP contribution in [0.2, 0.25) is 0 Å². The second kappa shape index (κ2) is 8.17. The molecule has 29 heavy (non-hydrogen) atoms. The molecule has 3 N–H and O–H groups in total. The van der Waals surface area contributed by atoms with E-state index in [1.165, 1.54) is 18.2 Å². The van der Waals surface area contributed by atoms with E-state index in [0.29, 0.717) is 18.8 Å². The lowest BCUT2D eigenvalue weighted by atomic mass is 10.1. The summed E-state index contributed by atoms with van der Waals surface area (Å²) in [4.78, 5) is 23.2. The van der Waals surface area contributed by atoms with Crippen LogP contribution < -0.4 is 9.62 Å². The zero-order valence-corrected chi connectivity index (χ0v) is 16.6. The van der Waals surface area contributed by atoms with Gasteiger partial charge in [0.2, 0.25) is 0 Å². The molecule has 0 radical (unpaired) electrons. The van der Waals surface area contributed by atoms with Gasteiger partial charge in [-0.05, 0) is 30.3 Å². The van der Waals surface area contributed by atoms with Crippen LogP contribution in [0.1, 0.15) is 10.4 Å². The van der Waals surface area contributed by atoms with Gasteiger partial charge in [0.1, 0.15) is 0 Å². The Hall–Kier alpha value is -2.99. The number of carbonyl (C=O) groups is 1. The summed E-state index contributed by atoms with van der Waals surface area (Å²) in [7, 11) is -4.24. The average Bonchev–Trinajstić information content (AvgIpc) is 2.68. The maximum absolute atomic E-state index is 12.6. The largest absolute Gasteiger partial charge is 0.502 e. The third-order valence-electron chi connectivity index (χ3n) is 4.28. The lowest BCUT2D eigenvalue weighted by Gasteiger charge is -2.29. The van der Waals surface area contributed by atoms with Gasteiger partial charge in [-0.3, -0.25) is 14.8 Å². The number of hydrogen-bond acceptors (Lipinski definition) is 8. The van der Waals surface area contributed by atoms with Gasteiger partial charge in [0.25, 0.3) is 10.0 Å². The van der Waals surface area contributed by atoms with Crippen molar-refractivity contribution < 1.29 is 28.3 Å². The number of anilines is 2. The van der Waals surface area contributed by atoms with Crippen LogP contribution in [0.15, 0.2) is 41.3 Å². The van der Waals surface area contributed by atoms with Gasteiger partial charge in [0.05, 0.1) is 21.1 Å². The first-order valence-electron chi connectivity index (χ1n) is 8.39. The second-order valence-corrected chi connectivity index (χ2v) is 9.06. The highest BCUT2D eigenvalue weighted by molar-refractivity contribution is 7.99. The summed E-state index contributed by atoms with van der Waals surface area (Å²) in [5, 5.41) is 30.0. The SMILES string of the molecule is O=C(O)c1cc(NS(=O)(=O)c2ccc(O)c([N+](=O)[O-])c2)ccc1N1CCSCC1. The quantitative estimate of drug-likeness (QED) is 0.455. The Labute approximate surface area is 170 Å². The molecule has 0 spiro atoms. The van der Waals surface area contributed by atoms with E-state index in [2.05, 4.69) is 4.72 Å². The number of nitro groups is 1. The summed E-state index contributed by atoms with van der Waals surface area (Å²) in [5.74, 6) is -0.120. The van der Waals surface area contributed by atoms with Crippen LogP contribution in [0, 0.1) is 10.1 Å². The van der Waals surface area contributed by atoms with Gasteiger partial charge < -0.3 is 15.1 Å². The van der Waals surface area contributed by atoms with Crippen LogP contribution in [0.3, 0.4) is 0 Å². The second-order valence-electron chi connectivity index (χ2n) is 6.15. The molecule has 0 bridgehead atoms. The summed E-state index contributed by atoms with van der Waals surface area (Å²) in [6.07, 6.45) is 0. The highest BCUT2D eigenvalue weighted by Crippen LogP contribution is 2.31. The number of rotatable bonds is 6. The van der Waals surface area contributed by atoms with Crippen molar-refractivity contribution in [1.82, 2.24) is 0 Å². The fraction of sp³-hybridized carbons (Fsp3) is 0.235. The molecule has 0 amide bonds. The Balaban J connectivity index is 1.93. The Kier molecular flexibility index (Phi) is 5.84. The third-order valence-corrected chi connectivity index (χ3v) is 6.61. The van der Waals surface area contributed by atoms with Crippen molar-refractivity contribution in [3.8, 4) is 5.75 Å². The predicted octanol–water partition coefficient (Wildman–Crippen LogP) is 2.35. The van der Waals surface area contributed by atoms with E-state index in [4.69, 9.17) is 0 Å². The van der Waals surface area contributed by atoms with E-state index in [9.17, 15) is 33.5 Å². The molecule has 0 aromatic heterocycles. The van der Waals surface area contributed by atoms with Gasteiger partial charge >= 0.3 is 11.7 Å². The third kappa shape index (κ3) is 4.54. The van der Waals surface area contributed by atoms with Crippen LogP contribution >= 0.6 is 11.8 Å². The number of sulfonamides is 1. The standard InChI is InChI=1S/C17H17N3O7S2/c21-16-4-2-12(10-15(16)20(24)25)29(26,27)18-11-1-3-14(13(9-11)17(22)23)19-5-7-28-8-6-19/h1-4,9-10,18,21H,5-8H2,(H,22,23). The summed E-state index contributed by atoms with van der Waals surface area (Å²) >= 11 is 1.77. The highest BCUT2D eigenvalue weighted by Gasteiger charge is 2.23. The average molecular weight is 439 g/mol. The van der Waals surface area contributed by atoms with Gasteiger partial charge in [0.15, 0.2) is 5.75 Å². The number of nitrogens with one attached hydrogen (secondary N) is 1. The van der Waals surface area contributed by atoms with Crippen molar-refractivity contribution in [2.75, 3.05) is 34.2 Å². The Morgan fingerprint density at radius 1 is 1.17 bits per heavy atom. The monoisotopic (exact) mass is 439 g/mol. The lowest BCUT2D eigenvalue weighted by Crippen LogP contribution is -2.33. The molecule has 0 aliphatic carbocycles. The van der Waals surface area contributed by atoms with E-state index >= 15 is 0 Å². The molecular weight excluding hydrogens is 422 g/mol. The number of phenolic OH excluding ortho intramolecular Hbond substituents is 1. The Morgan fingerprint density at radius 2 is 1.86 bits per heavy atom. The van der Waals surface area contributed by atoms with E-state index in [-0.39, 0.29) is 11.3 Å². The molecule has 154 valence electrons. The van der Waals surface area contributed by atoms with Gasteiger partial charge in [-0.25, -0.2) is 13.2 Å². The minimum Gasteiger partial charge on any atom is -0.502 e. The zero-order chi connectivity index (χ0) is 21.2. The molecule has 0 saturated carbocycles. The number of carboxylic acids is 1. The molecule has 1 aliphatic rings. The molecule has 12 heteroatoms. The molecule has 1 heterocycles. The smallest absolute Gasteiger partial charge is 0.337 e. The summed E-state index contributed by atoms with van der Waals surface area (Å²) in [5.41, 5.74) is -0.291. The molecule has 2 aromatic carbocycles. The minimum atomic E-state index is -4.24. The number of hydrogen-bond donors (Lipinski definition) is 3. The molecule has 1 fully saturated rings. The maximum atomic E-state index is 12.6. The van der Waals surface area contributed by atoms with Crippen LogP contribution in [-0.4, -0.2) is 54.1 Å². The molecule has 1 aliphatic heterocycles. The first-order chi connectivity index (χ1) is 13.7. The first kappa shape index (κ1) is 20.7. The molecule has 2 aromatic rings. The minimum absolute atomic E-state index is 0.00765. The fourth-order valence-corrected chi connectivity index (χ4v) is 4.85. The molecule has 3 rings (SSSR count). The zero-order valence-electron chi connectivity index (χ0n) is 14.9. The molecule has 0 atom stereocenters. The van der Waals surface area contributed by atoms with Crippen molar-refractivity contribution in [2.45, 2.75) is 4.90 Å². The highest BCUT2D eigenvalue weighted by atomic mass is 32.2. The Bertz CT molecular complexity index is 1070. The summed E-state index contributed by atoms with van der Waals surface area (Å²) in [6, 6.07) is 6.85. The number of nitrogens with zero attached hydrogens (tertiary/aromatic N) is 2. The fourth-order valence-electron chi connectivity index (χ4n) is 2.88. The van der Waals surface area contributed by atoms with E-state index in [1.54, 1.807) is 11.8 Å². The molecule has 1 saturated heterocycles. The topological polar surface area (TPSA) is 150 Å². The van der Waals surface area contributed by atoms with E-state index in [1.807, 2.05) is 4.90 Å². The van der Waals surface area contributed by atoms with Crippen LogP contribution in [-0.2, 0) is 10.0 Å². The van der Waals surface area contributed by atoms with E-state index < -0.39 is 37.2 Å². The maximum Gasteiger partial charge on any atom is 0.337 e. The lowest BCUT2D eigenvalue weighted by molar-refractivity contribution is -0.386. The van der Waals surface area contributed by atoms with Gasteiger partial charge in [0, 0.05) is 36.3 Å². The number of aromatic hydroxyl groups is 1. The van der Waals surface area contributed by atoms with Gasteiger partial charge in [-0.15, -0.1) is 0 Å². The molecular formula is C17H17N3O7S2. The molecule has 0 unspecified atom stereocenters. The van der Waals surface area contributed by atoms with Crippen LogP contribution in [0.25, 0.3) is 0 Å². The number of aromatic carboxylic acids is 1.